The molecule has 1 aliphatic heterocycles. The summed E-state index contributed by atoms with van der Waals surface area (Å²) in [7, 11) is 0. The number of hydrogen-bond donors (Lipinski definition) is 0. The van der Waals surface area contributed by atoms with Crippen molar-refractivity contribution in [2.45, 2.75) is 19.8 Å². The quantitative estimate of drug-likeness (QED) is 0.578. The molecule has 0 N–H and O–H groups in total. The average Bonchev–Trinajstić information content (AvgIpc) is 2.51. The van der Waals surface area contributed by atoms with E-state index in [-0.39, 0.29) is 0 Å². The summed E-state index contributed by atoms with van der Waals surface area (Å²) in [6.45, 7) is 12.0. The number of nitrogens with zero attached hydrogens (tertiary/aromatic N) is 1. The molecule has 1 saturated heterocycles. The molecule has 1 heterocycles. The van der Waals surface area contributed by atoms with Crippen molar-refractivity contribution in [1.82, 2.24) is 4.90 Å². The third kappa shape index (κ3) is 2.26. The zero-order valence-electron chi connectivity index (χ0n) is 7.84. The van der Waals surface area contributed by atoms with Crippen LogP contribution in [-0.2, 0) is 0 Å². The summed E-state index contributed by atoms with van der Waals surface area (Å²) in [5.41, 5.74) is 2.32. The molecule has 1 rings (SSSR count). The maximum atomic E-state index is 3.86. The monoisotopic (exact) mass is 163 g/mol. The van der Waals surface area contributed by atoms with Gasteiger partial charge in [-0.2, -0.15) is 0 Å². The molecule has 1 heteroatoms. The van der Waals surface area contributed by atoms with E-state index in [9.17, 15) is 0 Å². The van der Waals surface area contributed by atoms with Crippen LogP contribution in [0.1, 0.15) is 19.8 Å². The molecule has 0 aromatic rings. The fourth-order valence-electron chi connectivity index (χ4n) is 1.51. The van der Waals surface area contributed by atoms with E-state index in [4.69, 9.17) is 0 Å². The van der Waals surface area contributed by atoms with Gasteiger partial charge in [-0.3, -0.25) is 0 Å². The van der Waals surface area contributed by atoms with Crippen LogP contribution in [0.25, 0.3) is 0 Å². The Morgan fingerprint density at radius 3 is 2.33 bits per heavy atom. The fourth-order valence-corrected chi connectivity index (χ4v) is 1.51. The maximum absolute atomic E-state index is 3.86. The first-order valence-corrected chi connectivity index (χ1v) is 4.48. The van der Waals surface area contributed by atoms with Crippen LogP contribution in [0.4, 0.5) is 0 Å². The number of rotatable bonds is 3. The molecule has 0 bridgehead atoms. The van der Waals surface area contributed by atoms with Crippen molar-refractivity contribution in [2.75, 3.05) is 13.1 Å². The molecule has 0 atom stereocenters. The Bertz CT molecular complexity index is 207. The van der Waals surface area contributed by atoms with Crippen molar-refractivity contribution in [3.05, 3.63) is 36.6 Å². The van der Waals surface area contributed by atoms with E-state index >= 15 is 0 Å². The van der Waals surface area contributed by atoms with Crippen molar-refractivity contribution < 1.29 is 0 Å². The molecule has 12 heavy (non-hydrogen) atoms. The summed E-state index contributed by atoms with van der Waals surface area (Å²) >= 11 is 0. The lowest BCUT2D eigenvalue weighted by Gasteiger charge is -2.18. The van der Waals surface area contributed by atoms with Gasteiger partial charge in [0.2, 0.25) is 0 Å². The zero-order chi connectivity index (χ0) is 8.97. The SMILES string of the molecule is C=C/C(=C\C(=C)C)N1CCCC1. The Hall–Kier alpha value is -0.980. The predicted octanol–water partition coefficient (Wildman–Crippen LogP) is 2.73. The molecule has 0 aromatic carbocycles. The lowest BCUT2D eigenvalue weighted by Crippen LogP contribution is -2.16. The van der Waals surface area contributed by atoms with Gasteiger partial charge in [0.1, 0.15) is 0 Å². The van der Waals surface area contributed by atoms with Gasteiger partial charge in [-0.15, -0.1) is 0 Å². The highest BCUT2D eigenvalue weighted by atomic mass is 15.1. The van der Waals surface area contributed by atoms with Crippen LogP contribution in [0.3, 0.4) is 0 Å². The Morgan fingerprint density at radius 1 is 1.33 bits per heavy atom. The highest BCUT2D eigenvalue weighted by molar-refractivity contribution is 5.25. The molecule has 0 saturated carbocycles. The van der Waals surface area contributed by atoms with Crippen molar-refractivity contribution in [1.29, 1.82) is 0 Å². The first-order valence-electron chi connectivity index (χ1n) is 4.48. The summed E-state index contributed by atoms with van der Waals surface area (Å²) in [5.74, 6) is 0. The third-order valence-electron chi connectivity index (χ3n) is 2.07. The smallest absolute Gasteiger partial charge is 0.0362 e. The van der Waals surface area contributed by atoms with E-state index in [2.05, 4.69) is 24.1 Å². The molecule has 0 aromatic heterocycles. The summed E-state index contributed by atoms with van der Waals surface area (Å²) in [6, 6.07) is 0. The zero-order valence-corrected chi connectivity index (χ0v) is 7.84. The van der Waals surface area contributed by atoms with E-state index in [0.29, 0.717) is 0 Å². The highest BCUT2D eigenvalue weighted by Crippen LogP contribution is 2.16. The molecule has 66 valence electrons. The van der Waals surface area contributed by atoms with Crippen molar-refractivity contribution in [2.24, 2.45) is 0 Å². The van der Waals surface area contributed by atoms with Crippen LogP contribution in [0.15, 0.2) is 36.6 Å². The second kappa shape index (κ2) is 4.15. The van der Waals surface area contributed by atoms with Gasteiger partial charge in [-0.25, -0.2) is 0 Å². The minimum absolute atomic E-state index is 1.09. The minimum Gasteiger partial charge on any atom is -0.372 e. The summed E-state index contributed by atoms with van der Waals surface area (Å²) in [5, 5.41) is 0. The van der Waals surface area contributed by atoms with Crippen LogP contribution < -0.4 is 0 Å². The lowest BCUT2D eigenvalue weighted by molar-refractivity contribution is 0.440. The van der Waals surface area contributed by atoms with Crippen molar-refractivity contribution >= 4 is 0 Å². The molecule has 1 aliphatic rings. The van der Waals surface area contributed by atoms with Gasteiger partial charge in [0.15, 0.2) is 0 Å². The summed E-state index contributed by atoms with van der Waals surface area (Å²) in [6.07, 6.45) is 6.63. The first-order chi connectivity index (χ1) is 5.74. The highest BCUT2D eigenvalue weighted by Gasteiger charge is 2.11. The van der Waals surface area contributed by atoms with E-state index in [0.717, 1.165) is 5.57 Å². The summed E-state index contributed by atoms with van der Waals surface area (Å²) < 4.78 is 0. The topological polar surface area (TPSA) is 3.24 Å². The third-order valence-corrected chi connectivity index (χ3v) is 2.07. The normalized spacial score (nSPS) is 18.1. The van der Waals surface area contributed by atoms with Crippen LogP contribution in [0.5, 0.6) is 0 Å². The molecule has 0 aliphatic carbocycles. The molecule has 0 radical (unpaired) electrons. The van der Waals surface area contributed by atoms with Gasteiger partial charge >= 0.3 is 0 Å². The van der Waals surface area contributed by atoms with Crippen LogP contribution >= 0.6 is 0 Å². The van der Waals surface area contributed by atoms with E-state index in [1.807, 2.05) is 13.0 Å². The Kier molecular flexibility index (Phi) is 3.15. The average molecular weight is 163 g/mol. The van der Waals surface area contributed by atoms with Gasteiger partial charge in [-0.05, 0) is 31.9 Å². The van der Waals surface area contributed by atoms with Gasteiger partial charge < -0.3 is 4.90 Å². The second-order valence-corrected chi connectivity index (χ2v) is 3.31. The van der Waals surface area contributed by atoms with Crippen LogP contribution in [-0.4, -0.2) is 18.0 Å². The molecule has 1 fully saturated rings. The van der Waals surface area contributed by atoms with E-state index in [1.54, 1.807) is 0 Å². The molecular formula is C11H17N. The number of hydrogen-bond acceptors (Lipinski definition) is 1. The van der Waals surface area contributed by atoms with Gasteiger partial charge in [-0.1, -0.05) is 18.7 Å². The van der Waals surface area contributed by atoms with E-state index in [1.165, 1.54) is 31.6 Å². The van der Waals surface area contributed by atoms with Gasteiger partial charge in [0.25, 0.3) is 0 Å². The first kappa shape index (κ1) is 9.11. The largest absolute Gasteiger partial charge is 0.372 e. The number of likely N-dealkylation sites (tertiary alicyclic amines) is 1. The molecular weight excluding hydrogens is 146 g/mol. The van der Waals surface area contributed by atoms with Gasteiger partial charge in [0.05, 0.1) is 0 Å². The second-order valence-electron chi connectivity index (χ2n) is 3.31. The number of allylic oxidation sites excluding steroid dienone is 3. The van der Waals surface area contributed by atoms with Crippen LogP contribution in [0.2, 0.25) is 0 Å². The summed E-state index contributed by atoms with van der Waals surface area (Å²) in [4.78, 5) is 2.36. The molecule has 0 spiro atoms. The molecule has 1 nitrogen and oxygen atoms in total. The van der Waals surface area contributed by atoms with Crippen molar-refractivity contribution in [3.63, 3.8) is 0 Å². The Labute approximate surface area is 75.1 Å². The lowest BCUT2D eigenvalue weighted by atomic mass is 10.2. The maximum Gasteiger partial charge on any atom is 0.0362 e. The Balaban J connectivity index is 2.66. The van der Waals surface area contributed by atoms with Gasteiger partial charge in [0, 0.05) is 18.8 Å². The van der Waals surface area contributed by atoms with Crippen LogP contribution in [0, 0.1) is 0 Å². The van der Waals surface area contributed by atoms with Crippen molar-refractivity contribution in [3.8, 4) is 0 Å². The predicted molar refractivity (Wildman–Crippen MR) is 53.9 cm³/mol. The minimum atomic E-state index is 1.09. The molecule has 0 unspecified atom stereocenters. The fraction of sp³-hybridized carbons (Fsp3) is 0.455. The standard InChI is InChI=1S/C11H17N/c1-4-11(9-10(2)3)12-7-5-6-8-12/h4,9H,1-2,5-8H2,3H3/b11-9+. The molecule has 0 amide bonds. The van der Waals surface area contributed by atoms with E-state index < -0.39 is 0 Å². The Morgan fingerprint density at radius 2 is 1.92 bits per heavy atom.